The highest BCUT2D eigenvalue weighted by molar-refractivity contribution is 5.83. The van der Waals surface area contributed by atoms with E-state index < -0.39 is 0 Å². The summed E-state index contributed by atoms with van der Waals surface area (Å²) in [6.07, 6.45) is 4.55. The number of para-hydroxylation sites is 1. The number of fused-ring (bicyclic) bond motifs is 1. The third kappa shape index (κ3) is 3.50. The lowest BCUT2D eigenvalue weighted by Crippen LogP contribution is -2.06. The van der Waals surface area contributed by atoms with Gasteiger partial charge in [-0.3, -0.25) is 4.68 Å². The van der Waals surface area contributed by atoms with Crippen LogP contribution in [0, 0.1) is 12.7 Å². The first-order valence-electron chi connectivity index (χ1n) is 11.2. The predicted molar refractivity (Wildman–Crippen MR) is 125 cm³/mol. The normalized spacial score (nSPS) is 13.7. The topological polar surface area (TPSA) is 61.4 Å². The first-order valence-corrected chi connectivity index (χ1v) is 11.2. The zero-order valence-electron chi connectivity index (χ0n) is 18.5. The Kier molecular flexibility index (Phi) is 4.57. The number of hydrogen-bond donors (Lipinski definition) is 0. The van der Waals surface area contributed by atoms with Crippen LogP contribution in [-0.4, -0.2) is 29.5 Å². The SMILES string of the molecule is Cc1nn(-c2cc(Cc3c(C4CC4)c(-c4ccc(F)cc4)nn3C)ncn2)c2ccccc12. The summed E-state index contributed by atoms with van der Waals surface area (Å²) < 4.78 is 17.3. The molecule has 0 N–H and O–H groups in total. The molecule has 7 heteroatoms. The molecule has 1 saturated carbocycles. The molecule has 0 spiro atoms. The largest absolute Gasteiger partial charge is 0.271 e. The molecule has 6 nitrogen and oxygen atoms in total. The Hall–Kier alpha value is -3.87. The molecular formula is C26H23FN6. The Labute approximate surface area is 190 Å². The molecule has 164 valence electrons. The van der Waals surface area contributed by atoms with Gasteiger partial charge in [0, 0.05) is 41.7 Å². The first-order chi connectivity index (χ1) is 16.1. The summed E-state index contributed by atoms with van der Waals surface area (Å²) in [6.45, 7) is 2.01. The van der Waals surface area contributed by atoms with Gasteiger partial charge in [-0.05, 0) is 56.0 Å². The van der Waals surface area contributed by atoms with Gasteiger partial charge in [-0.15, -0.1) is 0 Å². The van der Waals surface area contributed by atoms with E-state index in [1.807, 2.05) is 41.5 Å². The summed E-state index contributed by atoms with van der Waals surface area (Å²) in [7, 11) is 1.97. The molecule has 33 heavy (non-hydrogen) atoms. The average Bonchev–Trinajstić information content (AvgIpc) is 3.54. The van der Waals surface area contributed by atoms with Crippen molar-refractivity contribution < 1.29 is 4.39 Å². The number of aryl methyl sites for hydroxylation is 2. The fourth-order valence-corrected chi connectivity index (χ4v) is 4.57. The molecular weight excluding hydrogens is 415 g/mol. The maximum Gasteiger partial charge on any atom is 0.157 e. The maximum absolute atomic E-state index is 13.5. The highest BCUT2D eigenvalue weighted by Crippen LogP contribution is 2.46. The minimum absolute atomic E-state index is 0.238. The van der Waals surface area contributed by atoms with E-state index in [2.05, 4.69) is 22.1 Å². The van der Waals surface area contributed by atoms with E-state index in [1.54, 1.807) is 18.5 Å². The van der Waals surface area contributed by atoms with E-state index in [0.717, 1.165) is 57.9 Å². The van der Waals surface area contributed by atoms with E-state index in [-0.39, 0.29) is 5.82 Å². The van der Waals surface area contributed by atoms with Crippen molar-refractivity contribution in [2.24, 2.45) is 7.05 Å². The molecule has 0 aliphatic heterocycles. The number of benzene rings is 2. The van der Waals surface area contributed by atoms with E-state index in [9.17, 15) is 4.39 Å². The molecule has 3 aromatic heterocycles. The lowest BCUT2D eigenvalue weighted by molar-refractivity contribution is 0.628. The van der Waals surface area contributed by atoms with Crippen LogP contribution in [0.3, 0.4) is 0 Å². The second-order valence-electron chi connectivity index (χ2n) is 8.67. The first kappa shape index (κ1) is 19.8. The fraction of sp³-hybridized carbons (Fsp3) is 0.231. The summed E-state index contributed by atoms with van der Waals surface area (Å²) in [6, 6.07) is 16.8. The molecule has 1 aliphatic rings. The van der Waals surface area contributed by atoms with E-state index >= 15 is 0 Å². The zero-order chi connectivity index (χ0) is 22.5. The molecule has 3 heterocycles. The molecule has 2 aromatic carbocycles. The highest BCUT2D eigenvalue weighted by atomic mass is 19.1. The van der Waals surface area contributed by atoms with Crippen LogP contribution < -0.4 is 0 Å². The Balaban J connectivity index is 1.40. The molecule has 0 bridgehead atoms. The van der Waals surface area contributed by atoms with Gasteiger partial charge in [0.2, 0.25) is 0 Å². The molecule has 1 aliphatic carbocycles. The summed E-state index contributed by atoms with van der Waals surface area (Å²) >= 11 is 0. The number of aromatic nitrogens is 6. The Morgan fingerprint density at radius 1 is 1.00 bits per heavy atom. The van der Waals surface area contributed by atoms with Crippen molar-refractivity contribution in [3.05, 3.63) is 89.4 Å². The van der Waals surface area contributed by atoms with Crippen LogP contribution in [-0.2, 0) is 13.5 Å². The van der Waals surface area contributed by atoms with Crippen LogP contribution in [0.15, 0.2) is 60.9 Å². The van der Waals surface area contributed by atoms with Crippen molar-refractivity contribution in [1.29, 1.82) is 0 Å². The molecule has 0 amide bonds. The van der Waals surface area contributed by atoms with Crippen LogP contribution in [0.1, 0.15) is 41.4 Å². The minimum Gasteiger partial charge on any atom is -0.271 e. The molecule has 1 fully saturated rings. The third-order valence-electron chi connectivity index (χ3n) is 6.36. The number of nitrogens with zero attached hydrogens (tertiary/aromatic N) is 6. The van der Waals surface area contributed by atoms with E-state index in [4.69, 9.17) is 10.2 Å². The standard InChI is InChI=1S/C26H23FN6/c1-16-21-5-3-4-6-22(21)33(30-16)24-14-20(28-15-29-24)13-23-25(17-7-8-17)26(31-32(23)2)18-9-11-19(27)12-10-18/h3-6,9-12,14-15,17H,7-8,13H2,1-2H3. The van der Waals surface area contributed by atoms with Crippen molar-refractivity contribution in [2.45, 2.75) is 32.1 Å². The van der Waals surface area contributed by atoms with Crippen molar-refractivity contribution in [3.8, 4) is 17.1 Å². The summed E-state index contributed by atoms with van der Waals surface area (Å²) in [5.74, 6) is 1.00. The van der Waals surface area contributed by atoms with Gasteiger partial charge in [-0.25, -0.2) is 19.0 Å². The molecule has 0 saturated heterocycles. The lowest BCUT2D eigenvalue weighted by atomic mass is 10.00. The predicted octanol–water partition coefficient (Wildman–Crippen LogP) is 5.13. The van der Waals surface area contributed by atoms with Crippen LogP contribution in [0.2, 0.25) is 0 Å². The quantitative estimate of drug-likeness (QED) is 0.382. The summed E-state index contributed by atoms with van der Waals surface area (Å²) in [5.41, 5.74) is 7.19. The van der Waals surface area contributed by atoms with Crippen LogP contribution in [0.5, 0.6) is 0 Å². The molecule has 6 rings (SSSR count). The molecule has 0 unspecified atom stereocenters. The van der Waals surface area contributed by atoms with Crippen molar-refractivity contribution >= 4 is 10.9 Å². The number of rotatable bonds is 5. The molecule has 0 atom stereocenters. The van der Waals surface area contributed by atoms with Gasteiger partial charge in [0.05, 0.1) is 22.6 Å². The highest BCUT2D eigenvalue weighted by Gasteiger charge is 2.32. The Bertz CT molecular complexity index is 1480. The lowest BCUT2D eigenvalue weighted by Gasteiger charge is -2.08. The van der Waals surface area contributed by atoms with Gasteiger partial charge >= 0.3 is 0 Å². The summed E-state index contributed by atoms with van der Waals surface area (Å²) in [4.78, 5) is 9.06. The average molecular weight is 439 g/mol. The maximum atomic E-state index is 13.5. The van der Waals surface area contributed by atoms with Gasteiger partial charge < -0.3 is 0 Å². The van der Waals surface area contributed by atoms with Gasteiger partial charge in [-0.1, -0.05) is 18.2 Å². The van der Waals surface area contributed by atoms with Crippen LogP contribution in [0.4, 0.5) is 4.39 Å². The zero-order valence-corrected chi connectivity index (χ0v) is 18.5. The smallest absolute Gasteiger partial charge is 0.157 e. The Morgan fingerprint density at radius 2 is 1.79 bits per heavy atom. The minimum atomic E-state index is -0.238. The van der Waals surface area contributed by atoms with Crippen LogP contribution in [0.25, 0.3) is 28.0 Å². The molecule has 5 aromatic rings. The third-order valence-corrected chi connectivity index (χ3v) is 6.36. The number of hydrogen-bond acceptors (Lipinski definition) is 4. The second kappa shape index (κ2) is 7.62. The van der Waals surface area contributed by atoms with Gasteiger partial charge in [0.15, 0.2) is 5.82 Å². The Morgan fingerprint density at radius 3 is 2.58 bits per heavy atom. The molecule has 0 radical (unpaired) electrons. The monoisotopic (exact) mass is 438 g/mol. The van der Waals surface area contributed by atoms with E-state index in [0.29, 0.717) is 12.3 Å². The fourth-order valence-electron chi connectivity index (χ4n) is 4.57. The van der Waals surface area contributed by atoms with Gasteiger partial charge in [0.1, 0.15) is 12.1 Å². The van der Waals surface area contributed by atoms with Crippen molar-refractivity contribution in [1.82, 2.24) is 29.5 Å². The van der Waals surface area contributed by atoms with Crippen molar-refractivity contribution in [2.75, 3.05) is 0 Å². The van der Waals surface area contributed by atoms with Gasteiger partial charge in [-0.2, -0.15) is 10.2 Å². The summed E-state index contributed by atoms with van der Waals surface area (Å²) in [5, 5.41) is 10.7. The van der Waals surface area contributed by atoms with Crippen molar-refractivity contribution in [3.63, 3.8) is 0 Å². The van der Waals surface area contributed by atoms with Gasteiger partial charge in [0.25, 0.3) is 0 Å². The second-order valence-corrected chi connectivity index (χ2v) is 8.67. The van der Waals surface area contributed by atoms with Crippen LogP contribution >= 0.6 is 0 Å². The number of halogens is 1. The van der Waals surface area contributed by atoms with E-state index in [1.165, 1.54) is 17.7 Å².